The Hall–Kier alpha value is -2.37. The number of allylic oxidation sites excluding steroid dienone is 6. The van der Waals surface area contributed by atoms with Gasteiger partial charge in [-0.05, 0) is 70.6 Å². The maximum absolute atomic E-state index is 12.7. The van der Waals surface area contributed by atoms with Crippen molar-refractivity contribution in [1.29, 1.82) is 0 Å². The van der Waals surface area contributed by atoms with Crippen molar-refractivity contribution in [2.24, 2.45) is 0 Å². The second kappa shape index (κ2) is 45.3. The molecule has 1 atom stereocenters. The van der Waals surface area contributed by atoms with Gasteiger partial charge in [-0.2, -0.15) is 0 Å². The van der Waals surface area contributed by atoms with Crippen LogP contribution in [0.15, 0.2) is 36.5 Å². The molecule has 326 valence electrons. The predicted molar refractivity (Wildman–Crippen MR) is 238 cm³/mol. The highest BCUT2D eigenvalue weighted by molar-refractivity contribution is 5.71. The molecule has 1 unspecified atom stereocenters. The van der Waals surface area contributed by atoms with E-state index in [4.69, 9.17) is 14.2 Å². The molecule has 0 bridgehead atoms. The number of rotatable bonds is 43. The maximum Gasteiger partial charge on any atom is 0.306 e. The number of hydrogen-bond donors (Lipinski definition) is 0. The van der Waals surface area contributed by atoms with Crippen LogP contribution >= 0.6 is 0 Å². The second-order valence-electron chi connectivity index (χ2n) is 16.0. The van der Waals surface area contributed by atoms with Crippen LogP contribution in [0.2, 0.25) is 0 Å². The first kappa shape index (κ1) is 53.6. The summed E-state index contributed by atoms with van der Waals surface area (Å²) in [6, 6.07) is 0. The zero-order valence-electron chi connectivity index (χ0n) is 37.2. The Morgan fingerprint density at radius 2 is 0.696 bits per heavy atom. The SMILES string of the molecule is CC/C=C\C/C=C\CCCCC(=O)OCC(COC(=O)CCCCCCCCCCCCCCCCCCC)OC(=O)CCCCCCC/C=C\CCCCC. The zero-order chi connectivity index (χ0) is 40.8. The number of unbranched alkanes of at least 4 members (excludes halogenated alkanes) is 26. The van der Waals surface area contributed by atoms with Crippen LogP contribution in [0.5, 0.6) is 0 Å². The van der Waals surface area contributed by atoms with Crippen molar-refractivity contribution in [1.82, 2.24) is 0 Å². The molecule has 0 saturated heterocycles. The van der Waals surface area contributed by atoms with Gasteiger partial charge in [-0.15, -0.1) is 0 Å². The van der Waals surface area contributed by atoms with E-state index >= 15 is 0 Å². The number of hydrogen-bond acceptors (Lipinski definition) is 6. The van der Waals surface area contributed by atoms with E-state index in [0.29, 0.717) is 19.3 Å². The molecule has 6 nitrogen and oxygen atoms in total. The summed E-state index contributed by atoms with van der Waals surface area (Å²) in [5.41, 5.74) is 0. The van der Waals surface area contributed by atoms with Crippen LogP contribution in [-0.2, 0) is 28.6 Å². The highest BCUT2D eigenvalue weighted by atomic mass is 16.6. The van der Waals surface area contributed by atoms with E-state index in [0.717, 1.165) is 83.5 Å². The summed E-state index contributed by atoms with van der Waals surface area (Å²) in [5, 5.41) is 0. The van der Waals surface area contributed by atoms with E-state index in [1.165, 1.54) is 122 Å². The lowest BCUT2D eigenvalue weighted by Crippen LogP contribution is -2.30. The summed E-state index contributed by atoms with van der Waals surface area (Å²) in [6.07, 6.45) is 51.4. The van der Waals surface area contributed by atoms with Crippen molar-refractivity contribution in [2.75, 3.05) is 13.2 Å². The van der Waals surface area contributed by atoms with Gasteiger partial charge in [0.15, 0.2) is 6.10 Å². The second-order valence-corrected chi connectivity index (χ2v) is 16.0. The fourth-order valence-corrected chi connectivity index (χ4v) is 6.77. The molecular formula is C50H90O6. The van der Waals surface area contributed by atoms with Crippen LogP contribution in [-0.4, -0.2) is 37.2 Å². The first-order chi connectivity index (χ1) is 27.5. The summed E-state index contributed by atoms with van der Waals surface area (Å²) >= 11 is 0. The molecule has 0 radical (unpaired) electrons. The molecule has 6 heteroatoms. The van der Waals surface area contributed by atoms with E-state index in [2.05, 4.69) is 57.2 Å². The van der Waals surface area contributed by atoms with E-state index in [1.807, 2.05) is 0 Å². The van der Waals surface area contributed by atoms with Gasteiger partial charge in [0.05, 0.1) is 0 Å². The Kier molecular flexibility index (Phi) is 43.4. The zero-order valence-corrected chi connectivity index (χ0v) is 37.2. The van der Waals surface area contributed by atoms with Crippen LogP contribution in [0.4, 0.5) is 0 Å². The molecular weight excluding hydrogens is 697 g/mol. The average molecular weight is 787 g/mol. The molecule has 0 fully saturated rings. The predicted octanol–water partition coefficient (Wildman–Crippen LogP) is 15.4. The molecule has 0 saturated carbocycles. The fraction of sp³-hybridized carbons (Fsp3) is 0.820. The molecule has 0 aliphatic carbocycles. The summed E-state index contributed by atoms with van der Waals surface area (Å²) in [4.78, 5) is 37.7. The van der Waals surface area contributed by atoms with Gasteiger partial charge in [0.25, 0.3) is 0 Å². The van der Waals surface area contributed by atoms with Crippen molar-refractivity contribution >= 4 is 17.9 Å². The molecule has 0 aliphatic heterocycles. The highest BCUT2D eigenvalue weighted by Gasteiger charge is 2.19. The van der Waals surface area contributed by atoms with Crippen LogP contribution < -0.4 is 0 Å². The van der Waals surface area contributed by atoms with Gasteiger partial charge in [0.1, 0.15) is 13.2 Å². The molecule has 0 aromatic rings. The van der Waals surface area contributed by atoms with Gasteiger partial charge in [0.2, 0.25) is 0 Å². The van der Waals surface area contributed by atoms with Crippen LogP contribution in [0.25, 0.3) is 0 Å². The Balaban J connectivity index is 4.30. The van der Waals surface area contributed by atoms with Crippen molar-refractivity contribution in [2.45, 2.75) is 252 Å². The normalized spacial score (nSPS) is 12.3. The first-order valence-electron chi connectivity index (χ1n) is 24.0. The van der Waals surface area contributed by atoms with Crippen molar-refractivity contribution in [3.05, 3.63) is 36.5 Å². The minimum atomic E-state index is -0.783. The minimum Gasteiger partial charge on any atom is -0.462 e. The summed E-state index contributed by atoms with van der Waals surface area (Å²) < 4.78 is 16.7. The smallest absolute Gasteiger partial charge is 0.306 e. The lowest BCUT2D eigenvalue weighted by molar-refractivity contribution is -0.167. The Morgan fingerprint density at radius 1 is 0.375 bits per heavy atom. The third-order valence-corrected chi connectivity index (χ3v) is 10.4. The molecule has 0 rings (SSSR count). The fourth-order valence-electron chi connectivity index (χ4n) is 6.77. The average Bonchev–Trinajstić information content (AvgIpc) is 3.19. The number of carbonyl (C=O) groups is 3. The molecule has 0 aliphatic rings. The van der Waals surface area contributed by atoms with Crippen LogP contribution in [0, 0.1) is 0 Å². The quantitative estimate of drug-likeness (QED) is 0.0265. The monoisotopic (exact) mass is 787 g/mol. The van der Waals surface area contributed by atoms with E-state index in [1.54, 1.807) is 0 Å². The Bertz CT molecular complexity index is 953. The number of carbonyl (C=O) groups excluding carboxylic acids is 3. The van der Waals surface area contributed by atoms with E-state index in [9.17, 15) is 14.4 Å². The highest BCUT2D eigenvalue weighted by Crippen LogP contribution is 2.15. The lowest BCUT2D eigenvalue weighted by atomic mass is 10.0. The minimum absolute atomic E-state index is 0.0833. The Morgan fingerprint density at radius 3 is 1.16 bits per heavy atom. The van der Waals surface area contributed by atoms with Crippen molar-refractivity contribution < 1.29 is 28.6 Å². The van der Waals surface area contributed by atoms with E-state index < -0.39 is 6.10 Å². The first-order valence-corrected chi connectivity index (χ1v) is 24.0. The van der Waals surface area contributed by atoms with Crippen molar-refractivity contribution in [3.63, 3.8) is 0 Å². The van der Waals surface area contributed by atoms with Gasteiger partial charge in [-0.3, -0.25) is 14.4 Å². The number of ether oxygens (including phenoxy) is 3. The van der Waals surface area contributed by atoms with Gasteiger partial charge >= 0.3 is 17.9 Å². The van der Waals surface area contributed by atoms with Gasteiger partial charge < -0.3 is 14.2 Å². The van der Waals surface area contributed by atoms with Crippen LogP contribution in [0.3, 0.4) is 0 Å². The molecule has 0 aromatic carbocycles. The summed E-state index contributed by atoms with van der Waals surface area (Å²) in [7, 11) is 0. The van der Waals surface area contributed by atoms with E-state index in [-0.39, 0.29) is 31.1 Å². The summed E-state index contributed by atoms with van der Waals surface area (Å²) in [5.74, 6) is -0.926. The molecule has 0 aromatic heterocycles. The van der Waals surface area contributed by atoms with Crippen LogP contribution in [0.1, 0.15) is 245 Å². The molecule has 56 heavy (non-hydrogen) atoms. The molecule has 0 N–H and O–H groups in total. The van der Waals surface area contributed by atoms with Gasteiger partial charge in [-0.1, -0.05) is 192 Å². The number of esters is 3. The van der Waals surface area contributed by atoms with Crippen molar-refractivity contribution in [3.8, 4) is 0 Å². The Labute approximate surface area is 346 Å². The molecule has 0 spiro atoms. The third kappa shape index (κ3) is 42.8. The lowest BCUT2D eigenvalue weighted by Gasteiger charge is -2.18. The standard InChI is InChI=1S/C50H90O6/c1-4-7-10-13-16-19-21-23-24-25-26-27-29-31-34-37-40-43-49(52)55-46-47(45-54-48(51)42-39-36-33-30-18-15-12-9-6-3)56-50(53)44-41-38-35-32-28-22-20-17-14-11-8-5-2/h9,12,17-18,20,30,47H,4-8,10-11,13-16,19,21-29,31-46H2,1-3H3/b12-9-,20-17-,30-18-. The summed E-state index contributed by atoms with van der Waals surface area (Å²) in [6.45, 7) is 6.46. The third-order valence-electron chi connectivity index (χ3n) is 10.4. The molecule has 0 amide bonds. The van der Waals surface area contributed by atoms with Gasteiger partial charge in [0, 0.05) is 19.3 Å². The van der Waals surface area contributed by atoms with Gasteiger partial charge in [-0.25, -0.2) is 0 Å². The molecule has 0 heterocycles. The maximum atomic E-state index is 12.7. The largest absolute Gasteiger partial charge is 0.462 e. The topological polar surface area (TPSA) is 78.9 Å².